The van der Waals surface area contributed by atoms with Crippen molar-refractivity contribution in [1.29, 1.82) is 0 Å². The summed E-state index contributed by atoms with van der Waals surface area (Å²) in [5.74, 6) is 1.68. The van der Waals surface area contributed by atoms with Crippen LogP contribution >= 0.6 is 11.3 Å². The predicted molar refractivity (Wildman–Crippen MR) is 268 cm³/mol. The fourth-order valence-corrected chi connectivity index (χ4v) is 10.3. The molecule has 4 aromatic heterocycles. The van der Waals surface area contributed by atoms with Gasteiger partial charge < -0.3 is 8.98 Å². The van der Waals surface area contributed by atoms with Crippen LogP contribution in [0.4, 0.5) is 0 Å². The highest BCUT2D eigenvalue weighted by molar-refractivity contribution is 7.26. The van der Waals surface area contributed by atoms with Crippen molar-refractivity contribution in [3.63, 3.8) is 0 Å². The Morgan fingerprint density at radius 3 is 1.75 bits per heavy atom. The van der Waals surface area contributed by atoms with Crippen molar-refractivity contribution in [2.24, 2.45) is 0 Å². The minimum absolute atomic E-state index is 0.329. The van der Waals surface area contributed by atoms with Gasteiger partial charge in [0.25, 0.3) is 0 Å². The molecule has 12 rings (SSSR count). The van der Waals surface area contributed by atoms with Crippen LogP contribution < -0.4 is 32.8 Å². The molecule has 12 aromatic rings. The normalized spacial score (nSPS) is 11.9. The van der Waals surface area contributed by atoms with Gasteiger partial charge in [0, 0.05) is 69.9 Å². The van der Waals surface area contributed by atoms with E-state index in [1.807, 2.05) is 65.2 Å². The minimum Gasteiger partial charge on any atom is -0.455 e. The van der Waals surface area contributed by atoms with E-state index in [2.05, 4.69) is 72.8 Å². The Balaban J connectivity index is 1.10. The van der Waals surface area contributed by atoms with Gasteiger partial charge in [0.15, 0.2) is 17.5 Å². The molecule has 0 aliphatic heterocycles. The lowest BCUT2D eigenvalue weighted by Gasteiger charge is -2.15. The number of hydrogen-bond donors (Lipinski definition) is 0. The van der Waals surface area contributed by atoms with Gasteiger partial charge in [-0.05, 0) is 52.7 Å². The van der Waals surface area contributed by atoms with Gasteiger partial charge in [0.05, 0.1) is 0 Å². The lowest BCUT2D eigenvalue weighted by molar-refractivity contribution is 0.670. The smallest absolute Gasteiger partial charge is 0.165 e. The van der Waals surface area contributed by atoms with Crippen LogP contribution in [0.1, 0.15) is 0 Å². The molecule has 8 aromatic carbocycles. The summed E-state index contributed by atoms with van der Waals surface area (Å²) in [5.41, 5.74) is 9.87. The summed E-state index contributed by atoms with van der Waals surface area (Å²) in [7, 11) is 39.8. The van der Waals surface area contributed by atoms with Crippen molar-refractivity contribution < 1.29 is 4.42 Å². The van der Waals surface area contributed by atoms with E-state index in [4.69, 9.17) is 66.4 Å². The molecule has 4 heterocycles. The number of thiophene rings is 1. The van der Waals surface area contributed by atoms with Crippen molar-refractivity contribution >= 4 is 155 Å². The number of benzene rings is 8. The van der Waals surface area contributed by atoms with Crippen LogP contribution in [0.5, 0.6) is 0 Å². The van der Waals surface area contributed by atoms with Crippen LogP contribution in [0.25, 0.3) is 115 Å². The molecule has 0 aliphatic carbocycles. The molecule has 12 heteroatoms. The van der Waals surface area contributed by atoms with Crippen molar-refractivity contribution in [3.8, 4) is 51.0 Å². The molecule has 12 radical (unpaired) electrons. The average Bonchev–Trinajstić information content (AvgIpc) is 4.01. The van der Waals surface area contributed by atoms with E-state index in [9.17, 15) is 0 Å². The molecule has 0 aliphatic rings. The number of hydrogen-bond acceptors (Lipinski definition) is 5. The summed E-state index contributed by atoms with van der Waals surface area (Å²) in [6.07, 6.45) is 0. The fraction of sp³-hybridized carbons (Fsp3) is 0. The molecule has 278 valence electrons. The molecule has 0 bridgehead atoms. The van der Waals surface area contributed by atoms with Gasteiger partial charge >= 0.3 is 0 Å². The number of furan rings is 1. The first-order valence-electron chi connectivity index (χ1n) is 20.3. The third-order valence-electron chi connectivity index (χ3n) is 12.0. The van der Waals surface area contributed by atoms with E-state index >= 15 is 0 Å². The number of nitrogens with zero attached hydrogens (tertiary/aromatic N) is 4. The van der Waals surface area contributed by atoms with E-state index in [1.54, 1.807) is 23.5 Å². The third kappa shape index (κ3) is 5.81. The van der Waals surface area contributed by atoms with Crippen LogP contribution in [0, 0.1) is 0 Å². The zero-order valence-corrected chi connectivity index (χ0v) is 34.2. The second kappa shape index (κ2) is 14.3. The Morgan fingerprint density at radius 2 is 1.05 bits per heavy atom. The minimum atomic E-state index is 0.329. The molecule has 0 spiro atoms. The zero-order chi connectivity index (χ0) is 42.7. The molecular weight excluding hydrogens is 782 g/mol. The second-order valence-electron chi connectivity index (χ2n) is 15.7. The summed E-state index contributed by atoms with van der Waals surface area (Å²) in [6, 6.07) is 48.4. The quantitative estimate of drug-likeness (QED) is 0.183. The lowest BCUT2D eigenvalue weighted by atomic mass is 9.71. The topological polar surface area (TPSA) is 56.7 Å². The Morgan fingerprint density at radius 1 is 0.444 bits per heavy atom. The first-order valence-corrected chi connectivity index (χ1v) is 21.1. The van der Waals surface area contributed by atoms with Gasteiger partial charge in [-0.2, -0.15) is 0 Å². The third-order valence-corrected chi connectivity index (χ3v) is 13.2. The van der Waals surface area contributed by atoms with E-state index in [1.165, 1.54) is 15.5 Å². The largest absolute Gasteiger partial charge is 0.455 e. The highest BCUT2D eigenvalue weighted by Gasteiger charge is 2.24. The summed E-state index contributed by atoms with van der Waals surface area (Å²) in [6.45, 7) is 0. The van der Waals surface area contributed by atoms with Gasteiger partial charge in [-0.15, -0.1) is 22.3 Å². The van der Waals surface area contributed by atoms with Crippen LogP contribution in [-0.2, 0) is 0 Å². The lowest BCUT2D eigenvalue weighted by Crippen LogP contribution is -2.33. The maximum Gasteiger partial charge on any atom is 0.165 e. The summed E-state index contributed by atoms with van der Waals surface area (Å²) in [5, 5.41) is 5.28. The molecule has 0 saturated carbocycles. The molecule has 0 unspecified atom stereocenters. The van der Waals surface area contributed by atoms with Crippen LogP contribution in [0.3, 0.4) is 0 Å². The second-order valence-corrected chi connectivity index (χ2v) is 16.8. The fourth-order valence-electron chi connectivity index (χ4n) is 9.05. The van der Waals surface area contributed by atoms with Crippen molar-refractivity contribution in [2.45, 2.75) is 0 Å². The summed E-state index contributed by atoms with van der Waals surface area (Å²) < 4.78 is 11.2. The van der Waals surface area contributed by atoms with Crippen LogP contribution in [0.15, 0.2) is 150 Å². The maximum absolute atomic E-state index is 6.88. The van der Waals surface area contributed by atoms with Gasteiger partial charge in [-0.1, -0.05) is 131 Å². The molecule has 0 atom stereocenters. The Labute approximate surface area is 373 Å². The Kier molecular flexibility index (Phi) is 8.54. The predicted octanol–water partition coefficient (Wildman–Crippen LogP) is 6.67. The van der Waals surface area contributed by atoms with E-state index in [0.29, 0.717) is 83.2 Å². The summed E-state index contributed by atoms with van der Waals surface area (Å²) in [4.78, 5) is 15.3. The van der Waals surface area contributed by atoms with E-state index in [-0.39, 0.29) is 0 Å². The van der Waals surface area contributed by atoms with E-state index in [0.717, 1.165) is 49.0 Å². The number of rotatable bonds is 5. The van der Waals surface area contributed by atoms with Crippen molar-refractivity contribution in [3.05, 3.63) is 146 Å². The van der Waals surface area contributed by atoms with E-state index < -0.39 is 0 Å². The number of fused-ring (bicyclic) bond motifs is 9. The average molecular weight is 806 g/mol. The van der Waals surface area contributed by atoms with Crippen molar-refractivity contribution in [2.75, 3.05) is 0 Å². The van der Waals surface area contributed by atoms with Crippen LogP contribution in [-0.4, -0.2) is 66.6 Å². The first-order chi connectivity index (χ1) is 30.7. The van der Waals surface area contributed by atoms with Gasteiger partial charge in [0.2, 0.25) is 0 Å². The molecule has 0 N–H and O–H groups in total. The number of aromatic nitrogens is 4. The molecule has 0 saturated heterocycles. The monoisotopic (exact) mass is 806 g/mol. The highest BCUT2D eigenvalue weighted by atomic mass is 32.1. The Bertz CT molecular complexity index is 3810. The molecule has 63 heavy (non-hydrogen) atoms. The molecule has 0 amide bonds. The summed E-state index contributed by atoms with van der Waals surface area (Å²) >= 11 is 1.74. The highest BCUT2D eigenvalue weighted by Crippen LogP contribution is 2.42. The maximum atomic E-state index is 6.88. The zero-order valence-electron chi connectivity index (χ0n) is 33.4. The standard InChI is InChI=1S/C51H24B6N4OS/c52-35-23-37(54)45-41(43(35)56)42-44(57)36(53)24-38(55)46(42)61(45)28-21-33(25-10-3-1-4-11-25)47-34(22-28)29-19-18-27(20-39(29)62-47)50-58-49(26-12-5-2-6-13-26)59-51(60-50)32-16-9-15-31-30-14-7-8-17-40(30)63-48(31)32/h1-24H. The van der Waals surface area contributed by atoms with Gasteiger partial charge in [0.1, 0.15) is 58.2 Å². The molecular formula is C51H24B6N4OS. The SMILES string of the molecule is [B]c1cc([B])c2c(c1[B])c1c([B])c([B])cc([B])c1n2-c1cc(-c2ccccc2)c2oc3cc(-c4nc(-c5ccccc5)nc(-c5cccc6c5sc5ccccc56)n4)ccc3c2c1. The molecule has 5 nitrogen and oxygen atoms in total. The first kappa shape index (κ1) is 37.7. The van der Waals surface area contributed by atoms with Crippen molar-refractivity contribution in [1.82, 2.24) is 19.5 Å². The van der Waals surface area contributed by atoms with Gasteiger partial charge in [-0.25, -0.2) is 15.0 Å². The van der Waals surface area contributed by atoms with Crippen LogP contribution in [0.2, 0.25) is 0 Å². The Hall–Kier alpha value is -7.02. The van der Waals surface area contributed by atoms with Gasteiger partial charge in [-0.3, -0.25) is 0 Å². The molecule has 0 fully saturated rings.